The van der Waals surface area contributed by atoms with Gasteiger partial charge in [-0.05, 0) is 69.7 Å². The van der Waals surface area contributed by atoms with Gasteiger partial charge < -0.3 is 0 Å². The van der Waals surface area contributed by atoms with Gasteiger partial charge >= 0.3 is 0 Å². The first-order valence-corrected chi connectivity index (χ1v) is 19.5. The van der Waals surface area contributed by atoms with Crippen molar-refractivity contribution in [3.63, 3.8) is 0 Å². The summed E-state index contributed by atoms with van der Waals surface area (Å²) in [5, 5.41) is 35.0. The molecule has 264 valence electrons. The number of thioether (sulfide) groups is 1. The lowest BCUT2D eigenvalue weighted by atomic mass is 10.0. The molecule has 0 saturated carbocycles. The molecule has 0 aliphatic carbocycles. The Morgan fingerprint density at radius 3 is 1.55 bits per heavy atom. The third-order valence-electron chi connectivity index (χ3n) is 9.68. The number of nitrogens with one attached hydrogen (secondary N) is 2. The van der Waals surface area contributed by atoms with E-state index in [4.69, 9.17) is 30.8 Å². The van der Waals surface area contributed by atoms with E-state index in [-0.39, 0.29) is 10.1 Å². The lowest BCUT2D eigenvalue weighted by molar-refractivity contribution is 1.08. The Kier molecular flexibility index (Phi) is 8.39. The number of aromatic nitrogens is 6. The van der Waals surface area contributed by atoms with E-state index in [1.165, 1.54) is 11.3 Å². The number of benzene rings is 5. The van der Waals surface area contributed by atoms with Crippen molar-refractivity contribution in [1.82, 2.24) is 30.1 Å². The minimum atomic E-state index is 0.148. The molecule has 0 amide bonds. The van der Waals surface area contributed by atoms with E-state index in [1.54, 1.807) is 6.07 Å². The number of hydrogen-bond donors (Lipinski definition) is 2. The maximum atomic E-state index is 8.98. The van der Waals surface area contributed by atoms with Crippen molar-refractivity contribution in [1.29, 1.82) is 10.8 Å². The summed E-state index contributed by atoms with van der Waals surface area (Å²) in [7, 11) is 0. The van der Waals surface area contributed by atoms with Crippen LogP contribution in [0, 0.1) is 10.8 Å². The number of nitrogens with zero attached hydrogens (tertiary/aromatic N) is 6. The van der Waals surface area contributed by atoms with Crippen molar-refractivity contribution >= 4 is 76.5 Å². The van der Waals surface area contributed by atoms with E-state index < -0.39 is 0 Å². The molecule has 0 unspecified atom stereocenters. The molecule has 10 aromatic rings. The second-order valence-corrected chi connectivity index (χ2v) is 15.1. The molecule has 5 aromatic heterocycles. The lowest BCUT2D eigenvalue weighted by Crippen LogP contribution is -2.05. The molecule has 0 aliphatic heterocycles. The number of hydrogen-bond acceptors (Lipinski definition) is 10. The Balaban J connectivity index is 0.931. The predicted molar refractivity (Wildman–Crippen MR) is 231 cm³/mol. The van der Waals surface area contributed by atoms with Crippen LogP contribution in [0.2, 0.25) is 0 Å². The Morgan fingerprint density at radius 2 is 0.875 bits per heavy atom. The van der Waals surface area contributed by atoms with E-state index in [2.05, 4.69) is 58.7 Å². The van der Waals surface area contributed by atoms with Gasteiger partial charge in [-0.15, -0.1) is 10.2 Å². The van der Waals surface area contributed by atoms with Gasteiger partial charge in [0, 0.05) is 21.9 Å². The van der Waals surface area contributed by atoms with Crippen molar-refractivity contribution in [3.8, 4) is 43.9 Å². The maximum Gasteiger partial charge on any atom is 0.166 e. The zero-order chi connectivity index (χ0) is 37.6. The third-order valence-corrected chi connectivity index (χ3v) is 11.5. The number of fused-ring (bicyclic) bond motifs is 5. The summed E-state index contributed by atoms with van der Waals surface area (Å²) >= 11 is 2.47. The van der Waals surface area contributed by atoms with Crippen LogP contribution in [0.25, 0.3) is 87.3 Å². The molecule has 0 spiro atoms. The van der Waals surface area contributed by atoms with Gasteiger partial charge in [-0.3, -0.25) is 10.8 Å². The Hall–Kier alpha value is -7.01. The van der Waals surface area contributed by atoms with Gasteiger partial charge in [-0.2, -0.15) is 0 Å². The highest BCUT2D eigenvalue weighted by Crippen LogP contribution is 2.34. The molecular formula is C46H28N8S2. The van der Waals surface area contributed by atoms with Gasteiger partial charge in [-0.25, -0.2) is 19.9 Å². The smallest absolute Gasteiger partial charge is 0.166 e. The second-order valence-electron chi connectivity index (χ2n) is 13.1. The van der Waals surface area contributed by atoms with Crippen molar-refractivity contribution < 1.29 is 0 Å². The summed E-state index contributed by atoms with van der Waals surface area (Å²) in [6.07, 6.45) is 0. The van der Waals surface area contributed by atoms with Gasteiger partial charge in [0.1, 0.15) is 21.5 Å². The molecule has 0 radical (unpaired) electrons. The molecule has 0 aliphatic rings. The van der Waals surface area contributed by atoms with Crippen LogP contribution in [-0.2, 0) is 0 Å². The molecule has 0 atom stereocenters. The molecule has 2 N–H and O–H groups in total. The van der Waals surface area contributed by atoms with Crippen molar-refractivity contribution in [2.75, 3.05) is 0 Å². The SMILES string of the molecule is N=C(SC(=N)c1ccc2ccc3ccc(-c4nnc(-c5cccc(-c6cccc7ccccc67)n5)s4)nc3c2n1)c1cccc(-c2cccc3ccccc23)n1. The predicted octanol–water partition coefficient (Wildman–Crippen LogP) is 11.5. The minimum Gasteiger partial charge on any atom is -0.292 e. The molecule has 8 nitrogen and oxygen atoms in total. The summed E-state index contributed by atoms with van der Waals surface area (Å²) in [4.78, 5) is 19.8. The largest absolute Gasteiger partial charge is 0.292 e. The van der Waals surface area contributed by atoms with Gasteiger partial charge in [0.05, 0.1) is 33.8 Å². The van der Waals surface area contributed by atoms with E-state index >= 15 is 0 Å². The first-order chi connectivity index (χ1) is 27.6. The highest BCUT2D eigenvalue weighted by molar-refractivity contribution is 8.27. The minimum absolute atomic E-state index is 0.148. The van der Waals surface area contributed by atoms with Crippen molar-refractivity contribution in [2.45, 2.75) is 0 Å². The van der Waals surface area contributed by atoms with E-state index in [9.17, 15) is 0 Å². The molecule has 0 bridgehead atoms. The van der Waals surface area contributed by atoms with E-state index in [0.717, 1.165) is 72.3 Å². The van der Waals surface area contributed by atoms with Gasteiger partial charge in [0.15, 0.2) is 10.0 Å². The van der Waals surface area contributed by atoms with Gasteiger partial charge in [0.2, 0.25) is 0 Å². The molecular weight excluding hydrogens is 729 g/mol. The lowest BCUT2D eigenvalue weighted by Gasteiger charge is -2.10. The standard InChI is InChI=1S/C46H28N8S2/c47-43(37-19-7-17-35(49-37)33-15-5-11-27-9-1-3-13-31(27)33)55-44(48)38-25-23-29-21-22-30-24-26-40(52-42(30)41(29)51-38)46-54-53-45(56-46)39-20-8-18-36(50-39)34-16-6-12-28-10-2-4-14-32(28)34/h1-26,47-48H. The summed E-state index contributed by atoms with van der Waals surface area (Å²) in [5.74, 6) is 0. The fraction of sp³-hybridized carbons (Fsp3) is 0. The zero-order valence-corrected chi connectivity index (χ0v) is 31.1. The summed E-state index contributed by atoms with van der Waals surface area (Å²) in [6, 6.07) is 52.3. The fourth-order valence-electron chi connectivity index (χ4n) is 6.96. The van der Waals surface area contributed by atoms with Crippen molar-refractivity contribution in [3.05, 3.63) is 169 Å². The van der Waals surface area contributed by atoms with E-state index in [1.807, 2.05) is 103 Å². The Morgan fingerprint density at radius 1 is 0.393 bits per heavy atom. The first kappa shape index (κ1) is 33.6. The topological polar surface area (TPSA) is 125 Å². The highest BCUT2D eigenvalue weighted by Gasteiger charge is 2.17. The number of pyridine rings is 4. The first-order valence-electron chi connectivity index (χ1n) is 17.9. The molecule has 56 heavy (non-hydrogen) atoms. The second kappa shape index (κ2) is 14.0. The van der Waals surface area contributed by atoms with Crippen LogP contribution in [-0.4, -0.2) is 40.2 Å². The van der Waals surface area contributed by atoms with Gasteiger partial charge in [-0.1, -0.05) is 133 Å². The Labute approximate surface area is 329 Å². The van der Waals surface area contributed by atoms with Crippen LogP contribution in [0.5, 0.6) is 0 Å². The average Bonchev–Trinajstić information content (AvgIpc) is 3.76. The van der Waals surface area contributed by atoms with Crippen LogP contribution >= 0.6 is 23.1 Å². The van der Waals surface area contributed by atoms with Crippen LogP contribution in [0.1, 0.15) is 11.4 Å². The number of rotatable bonds is 6. The quantitative estimate of drug-likeness (QED) is 0.0983. The average molecular weight is 757 g/mol. The zero-order valence-electron chi connectivity index (χ0n) is 29.5. The van der Waals surface area contributed by atoms with Crippen LogP contribution in [0.4, 0.5) is 0 Å². The molecule has 0 fully saturated rings. The molecule has 10 rings (SSSR count). The monoisotopic (exact) mass is 756 g/mol. The van der Waals surface area contributed by atoms with Crippen molar-refractivity contribution in [2.24, 2.45) is 0 Å². The third kappa shape index (κ3) is 6.16. The fourth-order valence-corrected chi connectivity index (χ4v) is 8.39. The highest BCUT2D eigenvalue weighted by atomic mass is 32.2. The molecule has 0 saturated heterocycles. The van der Waals surface area contributed by atoms with E-state index in [0.29, 0.717) is 38.1 Å². The molecule has 5 aromatic carbocycles. The summed E-state index contributed by atoms with van der Waals surface area (Å²) < 4.78 is 0. The summed E-state index contributed by atoms with van der Waals surface area (Å²) in [6.45, 7) is 0. The van der Waals surface area contributed by atoms with Gasteiger partial charge in [0.25, 0.3) is 0 Å². The summed E-state index contributed by atoms with van der Waals surface area (Å²) in [5.41, 5.74) is 7.46. The van der Waals surface area contributed by atoms with Crippen LogP contribution < -0.4 is 0 Å². The molecule has 10 heteroatoms. The Bertz CT molecular complexity index is 3180. The van der Waals surface area contributed by atoms with Crippen LogP contribution in [0.15, 0.2) is 158 Å². The van der Waals surface area contributed by atoms with Crippen LogP contribution in [0.3, 0.4) is 0 Å². The maximum absolute atomic E-state index is 8.98. The normalized spacial score (nSPS) is 11.4. The molecule has 5 heterocycles.